The minimum absolute atomic E-state index is 0.00156. The Morgan fingerprint density at radius 1 is 1.00 bits per heavy atom. The third-order valence-corrected chi connectivity index (χ3v) is 5.31. The highest BCUT2D eigenvalue weighted by atomic mass is 16.5. The maximum Gasteiger partial charge on any atom is 0.251 e. The maximum atomic E-state index is 12.1. The predicted molar refractivity (Wildman–Crippen MR) is 132 cm³/mol. The lowest BCUT2D eigenvalue weighted by atomic mass is 10.0. The molecule has 1 saturated heterocycles. The van der Waals surface area contributed by atoms with Gasteiger partial charge in [0.25, 0.3) is 5.91 Å². The number of morpholine rings is 1. The number of benzene rings is 2. The average Bonchev–Trinajstić information content (AvgIpc) is 2.72. The molecule has 2 aromatic carbocycles. The molecule has 0 spiro atoms. The summed E-state index contributed by atoms with van der Waals surface area (Å²) in [6.07, 6.45) is 1.70. The van der Waals surface area contributed by atoms with Gasteiger partial charge in [0.1, 0.15) is 0 Å². The van der Waals surface area contributed by atoms with Crippen LogP contribution in [0.5, 0.6) is 0 Å². The molecule has 0 aliphatic carbocycles. The molecule has 1 fully saturated rings. The van der Waals surface area contributed by atoms with E-state index in [1.807, 2.05) is 37.3 Å². The number of hydrogen-bond acceptors (Lipinski definition) is 3. The van der Waals surface area contributed by atoms with Gasteiger partial charge in [-0.2, -0.15) is 0 Å². The summed E-state index contributed by atoms with van der Waals surface area (Å²) in [5, 5.41) is 2.98. The second kappa shape index (κ2) is 13.8. The number of hydrogen-bond donors (Lipinski definition) is 1. The Labute approximate surface area is 189 Å². The maximum absolute atomic E-state index is 12.1. The predicted octanol–water partition coefficient (Wildman–Crippen LogP) is 5.11. The van der Waals surface area contributed by atoms with E-state index in [0.29, 0.717) is 18.8 Å². The van der Waals surface area contributed by atoms with Crippen LogP contribution in [0.3, 0.4) is 0 Å². The van der Waals surface area contributed by atoms with Crippen molar-refractivity contribution < 1.29 is 9.53 Å². The van der Waals surface area contributed by atoms with Crippen LogP contribution in [0, 0.1) is 20.8 Å². The van der Waals surface area contributed by atoms with E-state index < -0.39 is 0 Å². The van der Waals surface area contributed by atoms with E-state index in [2.05, 4.69) is 70.2 Å². The molecule has 2 unspecified atom stereocenters. The van der Waals surface area contributed by atoms with Gasteiger partial charge in [0.15, 0.2) is 0 Å². The van der Waals surface area contributed by atoms with Crippen LogP contribution in [0.1, 0.15) is 46.5 Å². The third kappa shape index (κ3) is 9.50. The Morgan fingerprint density at radius 3 is 2.16 bits per heavy atom. The molecule has 1 aliphatic rings. The Bertz CT molecular complexity index is 794. The number of nitrogens with zero attached hydrogens (tertiary/aromatic N) is 1. The first-order valence-corrected chi connectivity index (χ1v) is 11.0. The van der Waals surface area contributed by atoms with Crippen molar-refractivity contribution in [3.05, 3.63) is 83.4 Å². The lowest BCUT2D eigenvalue weighted by Crippen LogP contribution is -2.42. The van der Waals surface area contributed by atoms with Crippen LogP contribution in [0.4, 0.5) is 0 Å². The van der Waals surface area contributed by atoms with Crippen LogP contribution in [0.25, 0.3) is 0 Å². The van der Waals surface area contributed by atoms with Crippen molar-refractivity contribution in [2.45, 2.75) is 53.2 Å². The number of amides is 1. The second-order valence-electron chi connectivity index (χ2n) is 8.21. The van der Waals surface area contributed by atoms with Crippen molar-refractivity contribution in [3.8, 4) is 0 Å². The first kappa shape index (κ1) is 26.6. The zero-order valence-electron chi connectivity index (χ0n) is 20.2. The summed E-state index contributed by atoms with van der Waals surface area (Å²) in [5.74, 6) is 0.00156. The monoisotopic (exact) mass is 424 g/mol. The van der Waals surface area contributed by atoms with Crippen LogP contribution in [-0.2, 0) is 11.2 Å². The quantitative estimate of drug-likeness (QED) is 0.693. The number of ether oxygens (including phenoxy) is 1. The van der Waals surface area contributed by atoms with Gasteiger partial charge in [0.2, 0.25) is 0 Å². The van der Waals surface area contributed by atoms with Crippen LogP contribution >= 0.6 is 0 Å². The summed E-state index contributed by atoms with van der Waals surface area (Å²) in [4.78, 5) is 14.4. The van der Waals surface area contributed by atoms with E-state index in [4.69, 9.17) is 4.74 Å². The number of carbonyl (C=O) groups is 1. The fourth-order valence-electron chi connectivity index (χ4n) is 3.62. The van der Waals surface area contributed by atoms with Gasteiger partial charge in [-0.25, -0.2) is 0 Å². The minimum atomic E-state index is 0.00156. The Kier molecular flexibility index (Phi) is 11.8. The van der Waals surface area contributed by atoms with Gasteiger partial charge in [-0.05, 0) is 82.5 Å². The average molecular weight is 425 g/mol. The molecule has 1 heterocycles. The van der Waals surface area contributed by atoms with Crippen molar-refractivity contribution in [1.82, 2.24) is 10.2 Å². The Hall–Kier alpha value is -2.43. The zero-order valence-corrected chi connectivity index (χ0v) is 20.2. The highest BCUT2D eigenvalue weighted by Gasteiger charge is 2.18. The number of nitrogens with one attached hydrogen (secondary N) is 1. The molecular formula is C27H40N2O2. The molecule has 1 aliphatic heterocycles. The highest BCUT2D eigenvalue weighted by molar-refractivity contribution is 5.94. The van der Waals surface area contributed by atoms with Crippen LogP contribution in [-0.4, -0.2) is 49.7 Å². The topological polar surface area (TPSA) is 41.6 Å². The summed E-state index contributed by atoms with van der Waals surface area (Å²) in [6, 6.07) is 14.1. The highest BCUT2D eigenvalue weighted by Crippen LogP contribution is 2.10. The van der Waals surface area contributed by atoms with Gasteiger partial charge >= 0.3 is 0 Å². The molecule has 170 valence electrons. The van der Waals surface area contributed by atoms with E-state index in [9.17, 15) is 4.79 Å². The summed E-state index contributed by atoms with van der Waals surface area (Å²) in [6.45, 7) is 19.2. The number of aryl methyl sites for hydroxylation is 3. The molecular weight excluding hydrogens is 384 g/mol. The molecule has 1 N–H and O–H groups in total. The molecule has 1 amide bonds. The molecule has 0 saturated carbocycles. The molecule has 0 bridgehead atoms. The summed E-state index contributed by atoms with van der Waals surface area (Å²) in [5.41, 5.74) is 5.65. The number of rotatable bonds is 4. The van der Waals surface area contributed by atoms with Gasteiger partial charge in [-0.15, -0.1) is 13.2 Å². The molecule has 4 heteroatoms. The van der Waals surface area contributed by atoms with Gasteiger partial charge < -0.3 is 15.0 Å². The third-order valence-electron chi connectivity index (χ3n) is 5.31. The second-order valence-corrected chi connectivity index (χ2v) is 8.21. The van der Waals surface area contributed by atoms with E-state index in [1.165, 1.54) is 16.7 Å². The summed E-state index contributed by atoms with van der Waals surface area (Å²) in [7, 11) is 2.13. The van der Waals surface area contributed by atoms with E-state index in [0.717, 1.165) is 30.6 Å². The van der Waals surface area contributed by atoms with E-state index in [-0.39, 0.29) is 5.91 Å². The SMILES string of the molecule is C=C.CC1CN(C)CC(C)O1.Cc1ccc(C(=O)NCCc2ccccc2C)cc1C. The van der Waals surface area contributed by atoms with E-state index in [1.54, 1.807) is 0 Å². The van der Waals surface area contributed by atoms with Gasteiger partial charge in [0, 0.05) is 25.2 Å². The lowest BCUT2D eigenvalue weighted by molar-refractivity contribution is -0.0602. The van der Waals surface area contributed by atoms with Crippen molar-refractivity contribution in [2.75, 3.05) is 26.7 Å². The smallest absolute Gasteiger partial charge is 0.251 e. The largest absolute Gasteiger partial charge is 0.373 e. The summed E-state index contributed by atoms with van der Waals surface area (Å²) >= 11 is 0. The first-order valence-electron chi connectivity index (χ1n) is 11.0. The van der Waals surface area contributed by atoms with Crippen molar-refractivity contribution >= 4 is 5.91 Å². The molecule has 2 atom stereocenters. The van der Waals surface area contributed by atoms with Crippen molar-refractivity contribution in [3.63, 3.8) is 0 Å². The Morgan fingerprint density at radius 2 is 1.61 bits per heavy atom. The van der Waals surface area contributed by atoms with Crippen molar-refractivity contribution in [1.29, 1.82) is 0 Å². The van der Waals surface area contributed by atoms with Crippen LogP contribution in [0.2, 0.25) is 0 Å². The molecule has 31 heavy (non-hydrogen) atoms. The minimum Gasteiger partial charge on any atom is -0.373 e. The van der Waals surface area contributed by atoms with Gasteiger partial charge in [-0.3, -0.25) is 4.79 Å². The summed E-state index contributed by atoms with van der Waals surface area (Å²) < 4.78 is 5.51. The van der Waals surface area contributed by atoms with Gasteiger partial charge in [-0.1, -0.05) is 30.3 Å². The molecule has 0 radical (unpaired) electrons. The molecule has 4 nitrogen and oxygen atoms in total. The molecule has 2 aromatic rings. The fraction of sp³-hybridized carbons (Fsp3) is 0.444. The van der Waals surface area contributed by atoms with Crippen LogP contribution in [0.15, 0.2) is 55.6 Å². The van der Waals surface area contributed by atoms with Gasteiger partial charge in [0.05, 0.1) is 12.2 Å². The standard InChI is InChI=1S/C18H21NO.C7H15NO.C2H4/c1-13-8-9-17(12-15(13)3)18(20)19-11-10-16-7-5-4-6-14(16)2;1-6-4-8(3)5-7(2)9-6;1-2/h4-9,12H,10-11H2,1-3H3,(H,19,20);6-7H,4-5H2,1-3H3;1-2H2. The van der Waals surface area contributed by atoms with Crippen molar-refractivity contribution in [2.24, 2.45) is 0 Å². The number of likely N-dealkylation sites (N-methyl/N-ethyl adjacent to an activating group) is 1. The fourth-order valence-corrected chi connectivity index (χ4v) is 3.62. The Balaban J connectivity index is 0.000000365. The lowest BCUT2D eigenvalue weighted by Gasteiger charge is -2.32. The number of carbonyl (C=O) groups excluding carboxylic acids is 1. The molecule has 0 aromatic heterocycles. The van der Waals surface area contributed by atoms with E-state index >= 15 is 0 Å². The molecule has 3 rings (SSSR count). The zero-order chi connectivity index (χ0) is 23.4. The normalized spacial score (nSPS) is 18.1. The first-order chi connectivity index (χ1) is 14.8. The van der Waals surface area contributed by atoms with Crippen LogP contribution < -0.4 is 5.32 Å².